The minimum atomic E-state index is -4.34. The van der Waals surface area contributed by atoms with Crippen molar-refractivity contribution in [3.63, 3.8) is 0 Å². The Morgan fingerprint density at radius 1 is 1.08 bits per heavy atom. The average molecular weight is 336 g/mol. The lowest BCUT2D eigenvalue weighted by molar-refractivity contribution is -0.127. The molecule has 0 saturated heterocycles. The summed E-state index contributed by atoms with van der Waals surface area (Å²) in [5.74, 6) is -1.01. The molecule has 0 aliphatic rings. The number of benzene rings is 2. The van der Waals surface area contributed by atoms with E-state index in [1.165, 1.54) is 18.2 Å². The fourth-order valence-corrected chi connectivity index (χ4v) is 2.39. The Morgan fingerprint density at radius 3 is 2.29 bits per heavy atom. The molecule has 3 nitrogen and oxygen atoms in total. The molecule has 24 heavy (non-hydrogen) atoms. The highest BCUT2D eigenvalue weighted by atomic mass is 19.4. The first-order chi connectivity index (χ1) is 11.3. The van der Waals surface area contributed by atoms with Crippen molar-refractivity contribution in [3.05, 3.63) is 65.7 Å². The monoisotopic (exact) mass is 336 g/mol. The van der Waals surface area contributed by atoms with Crippen LogP contribution < -0.4 is 11.1 Å². The van der Waals surface area contributed by atoms with Crippen molar-refractivity contribution < 1.29 is 18.0 Å². The fraction of sp³-hybridized carbons (Fsp3) is 0.278. The Morgan fingerprint density at radius 2 is 1.67 bits per heavy atom. The Labute approximate surface area is 138 Å². The number of alkyl halides is 3. The molecule has 6 heteroatoms. The van der Waals surface area contributed by atoms with Crippen molar-refractivity contribution in [1.82, 2.24) is 0 Å². The zero-order valence-corrected chi connectivity index (χ0v) is 13.2. The van der Waals surface area contributed by atoms with E-state index in [1.54, 1.807) is 13.0 Å². The zero-order valence-electron chi connectivity index (χ0n) is 13.2. The molecule has 0 heterocycles. The summed E-state index contributed by atoms with van der Waals surface area (Å²) in [7, 11) is 0. The molecule has 0 saturated carbocycles. The van der Waals surface area contributed by atoms with Gasteiger partial charge in [-0.3, -0.25) is 4.79 Å². The number of para-hydroxylation sites is 1. The van der Waals surface area contributed by atoms with Crippen LogP contribution in [0.1, 0.15) is 24.1 Å². The third-order valence-electron chi connectivity index (χ3n) is 3.80. The van der Waals surface area contributed by atoms with Crippen molar-refractivity contribution >= 4 is 11.6 Å². The van der Waals surface area contributed by atoms with Gasteiger partial charge in [0.05, 0.1) is 12.3 Å². The Bertz CT molecular complexity index is 686. The van der Waals surface area contributed by atoms with Gasteiger partial charge >= 0.3 is 6.18 Å². The van der Waals surface area contributed by atoms with Crippen molar-refractivity contribution in [3.8, 4) is 0 Å². The number of amides is 1. The number of hydrogen-bond acceptors (Lipinski definition) is 2. The van der Waals surface area contributed by atoms with Gasteiger partial charge in [0, 0.05) is 11.7 Å². The van der Waals surface area contributed by atoms with Gasteiger partial charge in [-0.05, 0) is 17.2 Å². The predicted molar refractivity (Wildman–Crippen MR) is 87.4 cm³/mol. The smallest absolute Gasteiger partial charge is 0.326 e. The molecule has 128 valence electrons. The molecule has 2 aromatic rings. The third-order valence-corrected chi connectivity index (χ3v) is 3.80. The third kappa shape index (κ3) is 4.83. The summed E-state index contributed by atoms with van der Waals surface area (Å²) >= 11 is 0. The topological polar surface area (TPSA) is 55.1 Å². The van der Waals surface area contributed by atoms with Crippen LogP contribution in [0.3, 0.4) is 0 Å². The second-order valence-corrected chi connectivity index (χ2v) is 5.66. The van der Waals surface area contributed by atoms with Gasteiger partial charge in [0.2, 0.25) is 5.91 Å². The summed E-state index contributed by atoms with van der Waals surface area (Å²) in [6.45, 7) is 1.65. The first-order valence-electron chi connectivity index (χ1n) is 7.54. The van der Waals surface area contributed by atoms with E-state index in [-0.39, 0.29) is 11.3 Å². The van der Waals surface area contributed by atoms with Gasteiger partial charge < -0.3 is 11.1 Å². The molecule has 0 bridgehead atoms. The summed E-state index contributed by atoms with van der Waals surface area (Å²) < 4.78 is 37.9. The second kappa shape index (κ2) is 7.49. The van der Waals surface area contributed by atoms with E-state index >= 15 is 0 Å². The van der Waals surface area contributed by atoms with Crippen LogP contribution in [0.4, 0.5) is 18.9 Å². The number of carbonyl (C=O) groups excluding carboxylic acids is 1. The number of rotatable bonds is 5. The van der Waals surface area contributed by atoms with Gasteiger partial charge in [0.15, 0.2) is 0 Å². The maximum absolute atomic E-state index is 12.6. The molecule has 2 rings (SSSR count). The van der Waals surface area contributed by atoms with Gasteiger partial charge in [0.1, 0.15) is 0 Å². The first-order valence-corrected chi connectivity index (χ1v) is 7.54. The highest BCUT2D eigenvalue weighted by molar-refractivity contribution is 5.93. The molecule has 0 aliphatic heterocycles. The Kier molecular flexibility index (Phi) is 5.62. The van der Waals surface area contributed by atoms with Gasteiger partial charge in [-0.15, -0.1) is 0 Å². The summed E-state index contributed by atoms with van der Waals surface area (Å²) in [5.41, 5.74) is 7.07. The summed E-state index contributed by atoms with van der Waals surface area (Å²) in [5, 5.41) is 2.56. The molecular formula is C18H19F3N2O. The van der Waals surface area contributed by atoms with Gasteiger partial charge in [-0.2, -0.15) is 13.2 Å². The number of anilines is 1. The highest BCUT2D eigenvalue weighted by Gasteiger charge is 2.29. The van der Waals surface area contributed by atoms with Crippen LogP contribution >= 0.6 is 0 Å². The molecule has 0 spiro atoms. The predicted octanol–water partition coefficient (Wildman–Crippen LogP) is 4.07. The summed E-state index contributed by atoms with van der Waals surface area (Å²) in [6, 6.07) is 14.5. The van der Waals surface area contributed by atoms with Crippen LogP contribution in [-0.4, -0.2) is 12.1 Å². The maximum Gasteiger partial charge on any atom is 0.393 e. The maximum atomic E-state index is 12.6. The first kappa shape index (κ1) is 18.0. The van der Waals surface area contributed by atoms with E-state index in [2.05, 4.69) is 5.32 Å². The van der Waals surface area contributed by atoms with Crippen molar-refractivity contribution in [2.45, 2.75) is 25.6 Å². The molecular weight excluding hydrogens is 317 g/mol. The van der Waals surface area contributed by atoms with E-state index in [9.17, 15) is 18.0 Å². The molecule has 2 unspecified atom stereocenters. The van der Waals surface area contributed by atoms with E-state index in [4.69, 9.17) is 5.73 Å². The zero-order chi connectivity index (χ0) is 17.7. The summed E-state index contributed by atoms with van der Waals surface area (Å²) in [6.07, 6.45) is -5.44. The second-order valence-electron chi connectivity index (χ2n) is 5.66. The van der Waals surface area contributed by atoms with Crippen molar-refractivity contribution in [2.75, 3.05) is 5.32 Å². The van der Waals surface area contributed by atoms with Gasteiger partial charge in [-0.25, -0.2) is 0 Å². The number of nitrogens with one attached hydrogen (secondary N) is 1. The minimum Gasteiger partial charge on any atom is -0.326 e. The van der Waals surface area contributed by atoms with Crippen LogP contribution in [0.5, 0.6) is 0 Å². The lowest BCUT2D eigenvalue weighted by Gasteiger charge is -2.21. The standard InChI is InChI=1S/C18H19F3N2O/c1-12(16(22)13-7-3-2-4-8-13)17(24)23-15-10-6-5-9-14(15)11-18(19,20)21/h2-10,12,16H,11,22H2,1H3,(H,23,24). The molecule has 0 aliphatic carbocycles. The molecule has 0 radical (unpaired) electrons. The SMILES string of the molecule is CC(C(=O)Nc1ccccc1CC(F)(F)F)C(N)c1ccccc1. The van der Waals surface area contributed by atoms with Gasteiger partial charge in [-0.1, -0.05) is 55.5 Å². The minimum absolute atomic E-state index is 0.0267. The Balaban J connectivity index is 2.12. The highest BCUT2D eigenvalue weighted by Crippen LogP contribution is 2.27. The van der Waals surface area contributed by atoms with E-state index in [1.807, 2.05) is 30.3 Å². The van der Waals surface area contributed by atoms with Crippen LogP contribution in [0.2, 0.25) is 0 Å². The number of hydrogen-bond donors (Lipinski definition) is 2. The van der Waals surface area contributed by atoms with E-state index < -0.39 is 30.5 Å². The molecule has 0 fully saturated rings. The van der Waals surface area contributed by atoms with E-state index in [0.717, 1.165) is 5.56 Å². The fourth-order valence-electron chi connectivity index (χ4n) is 2.39. The Hall–Kier alpha value is -2.34. The number of halogens is 3. The molecule has 3 N–H and O–H groups in total. The number of carbonyl (C=O) groups is 1. The normalized spacial score (nSPS) is 14.0. The lowest BCUT2D eigenvalue weighted by atomic mass is 9.94. The quantitative estimate of drug-likeness (QED) is 0.865. The molecule has 1 amide bonds. The van der Waals surface area contributed by atoms with Crippen molar-refractivity contribution in [2.24, 2.45) is 11.7 Å². The summed E-state index contributed by atoms with van der Waals surface area (Å²) in [4.78, 5) is 12.4. The molecule has 2 aromatic carbocycles. The molecule has 2 atom stereocenters. The number of nitrogens with two attached hydrogens (primary N) is 1. The van der Waals surface area contributed by atoms with Crippen LogP contribution in [-0.2, 0) is 11.2 Å². The van der Waals surface area contributed by atoms with Crippen LogP contribution in [0.15, 0.2) is 54.6 Å². The van der Waals surface area contributed by atoms with Crippen LogP contribution in [0.25, 0.3) is 0 Å². The largest absolute Gasteiger partial charge is 0.393 e. The molecule has 0 aromatic heterocycles. The van der Waals surface area contributed by atoms with E-state index in [0.29, 0.717) is 0 Å². The van der Waals surface area contributed by atoms with Gasteiger partial charge in [0.25, 0.3) is 0 Å². The van der Waals surface area contributed by atoms with Crippen molar-refractivity contribution in [1.29, 1.82) is 0 Å². The lowest BCUT2D eigenvalue weighted by Crippen LogP contribution is -2.31. The van der Waals surface area contributed by atoms with Crippen LogP contribution in [0, 0.1) is 5.92 Å². The average Bonchev–Trinajstić information content (AvgIpc) is 2.54.